The lowest BCUT2D eigenvalue weighted by atomic mass is 10.1. The summed E-state index contributed by atoms with van der Waals surface area (Å²) in [6.07, 6.45) is 6.21. The molecule has 1 aliphatic rings. The van der Waals surface area contributed by atoms with Crippen LogP contribution in [-0.2, 0) is 19.4 Å². The maximum atomic E-state index is 8.49. The summed E-state index contributed by atoms with van der Waals surface area (Å²) in [5.41, 5.74) is 4.55. The zero-order chi connectivity index (χ0) is 14.8. The third-order valence-electron chi connectivity index (χ3n) is 3.45. The minimum absolute atomic E-state index is 1.06. The molecule has 1 aromatic heterocycles. The van der Waals surface area contributed by atoms with Crippen molar-refractivity contribution in [2.45, 2.75) is 32.7 Å². The molecule has 0 N–H and O–H groups in total. The third-order valence-corrected chi connectivity index (χ3v) is 3.45. The van der Waals surface area contributed by atoms with Crippen LogP contribution < -0.4 is 23.2 Å². The summed E-state index contributed by atoms with van der Waals surface area (Å²) in [5.74, 6) is 0. The first-order valence-corrected chi connectivity index (χ1v) is 7.68. The Labute approximate surface area is 119 Å². The highest BCUT2D eigenvalue weighted by atomic mass is 35.7. The highest BCUT2D eigenvalue weighted by Crippen LogP contribution is 2.27. The van der Waals surface area contributed by atoms with Gasteiger partial charge in [0.15, 0.2) is 6.20 Å². The summed E-state index contributed by atoms with van der Waals surface area (Å²) in [6, 6.07) is 8.79. The second-order valence-corrected chi connectivity index (χ2v) is 5.42. The number of para-hydroxylation sites is 1. The van der Waals surface area contributed by atoms with Gasteiger partial charge in [-0.2, -0.15) is 4.57 Å². The van der Waals surface area contributed by atoms with E-state index in [0.717, 1.165) is 6.54 Å². The smallest absolute Gasteiger partial charge is 0.212 e. The maximum Gasteiger partial charge on any atom is 0.212 e. The van der Waals surface area contributed by atoms with Crippen molar-refractivity contribution >= 4 is 10.9 Å². The van der Waals surface area contributed by atoms with Gasteiger partial charge in [0.25, 0.3) is 0 Å². The van der Waals surface area contributed by atoms with Gasteiger partial charge in [0.05, 0.1) is 0 Å². The Morgan fingerprint density at radius 3 is 2.40 bits per heavy atom. The van der Waals surface area contributed by atoms with Gasteiger partial charge in [-0.25, -0.2) is 18.6 Å². The molecule has 3 rings (SSSR count). The predicted molar refractivity (Wildman–Crippen MR) is 61.8 cm³/mol. The van der Waals surface area contributed by atoms with Crippen LogP contribution in [0.4, 0.5) is 0 Å². The molecule has 2 aromatic rings. The van der Waals surface area contributed by atoms with Crippen molar-refractivity contribution in [3.63, 3.8) is 0 Å². The molecule has 0 aliphatic heterocycles. The van der Waals surface area contributed by atoms with E-state index in [1.807, 2.05) is 0 Å². The van der Waals surface area contributed by atoms with Gasteiger partial charge in [-0.15, -0.1) is 10.2 Å². The Morgan fingerprint density at radius 1 is 1.10 bits per heavy atom. The van der Waals surface area contributed by atoms with Crippen molar-refractivity contribution < 1.29 is 33.4 Å². The molecule has 0 fully saturated rings. The fourth-order valence-electron chi connectivity index (χ4n) is 2.72. The number of benzene rings is 1. The van der Waals surface area contributed by atoms with Crippen LogP contribution in [0.15, 0.2) is 30.5 Å². The molecule has 6 heteroatoms. The summed E-state index contributed by atoms with van der Waals surface area (Å²) < 4.78 is 36.3. The Kier molecular flexibility index (Phi) is 4.57. The fraction of sp³-hybridized carbons (Fsp3) is 0.357. The normalized spacial score (nSPS) is 13.8. The number of fused-ring (bicyclic) bond motifs is 3. The molecule has 0 spiro atoms. The van der Waals surface area contributed by atoms with Crippen LogP contribution in [0.25, 0.3) is 10.9 Å². The minimum atomic E-state index is -4.94. The highest BCUT2D eigenvalue weighted by molar-refractivity contribution is 5.80. The summed E-state index contributed by atoms with van der Waals surface area (Å²) >= 11 is 0. The summed E-state index contributed by atoms with van der Waals surface area (Å²) in [4.78, 5) is 0. The number of hydrogen-bond acceptors (Lipinski definition) is 4. The van der Waals surface area contributed by atoms with Crippen molar-refractivity contribution in [1.29, 1.82) is 0 Å². The maximum absolute atomic E-state index is 8.49. The Bertz CT molecular complexity index is 604. The summed E-state index contributed by atoms with van der Waals surface area (Å²) in [6.45, 7) is 3.28. The van der Waals surface area contributed by atoms with Crippen molar-refractivity contribution in [3.8, 4) is 0 Å². The van der Waals surface area contributed by atoms with E-state index < -0.39 is 10.2 Å². The Hall–Kier alpha value is -1.24. The largest absolute Gasteiger partial charge is 0.222 e. The molecule has 0 bridgehead atoms. The number of rotatable bonds is 1. The highest BCUT2D eigenvalue weighted by Gasteiger charge is 2.20. The van der Waals surface area contributed by atoms with E-state index >= 15 is 0 Å². The molecule has 1 aliphatic carbocycles. The van der Waals surface area contributed by atoms with Crippen LogP contribution in [0.5, 0.6) is 0 Å². The molecule has 1 aromatic carbocycles. The van der Waals surface area contributed by atoms with Gasteiger partial charge in [0.1, 0.15) is 6.54 Å². The molecule has 108 valence electrons. The van der Waals surface area contributed by atoms with Gasteiger partial charge < -0.3 is 0 Å². The van der Waals surface area contributed by atoms with Gasteiger partial charge in [0, 0.05) is 17.0 Å². The molecule has 1 heterocycles. The molecular formula is C14H16ClNO4. The van der Waals surface area contributed by atoms with E-state index in [9.17, 15) is 0 Å². The van der Waals surface area contributed by atoms with E-state index in [1.165, 1.54) is 30.2 Å². The van der Waals surface area contributed by atoms with E-state index in [-0.39, 0.29) is 0 Å². The van der Waals surface area contributed by atoms with Crippen LogP contribution in [0.1, 0.15) is 24.5 Å². The molecular weight excluding hydrogens is 282 g/mol. The van der Waals surface area contributed by atoms with E-state index in [1.54, 1.807) is 11.1 Å². The standard InChI is InChI=1S/C14H16N.ClHO4/c1-2-15-10-11-6-5-8-12(11)13-7-3-4-9-14(13)15;2-1(3,4)5/h3-4,7,9-10H,2,5-6,8H2,1H3;(H,2,3,4,5)/q+1;/p-1. The van der Waals surface area contributed by atoms with Crippen LogP contribution in [0, 0.1) is 10.2 Å². The molecule has 0 radical (unpaired) electrons. The van der Waals surface area contributed by atoms with Crippen LogP contribution in [-0.4, -0.2) is 0 Å². The zero-order valence-electron chi connectivity index (χ0n) is 11.2. The first-order valence-electron chi connectivity index (χ1n) is 6.45. The van der Waals surface area contributed by atoms with Crippen LogP contribution in [0.2, 0.25) is 0 Å². The summed E-state index contributed by atoms with van der Waals surface area (Å²) in [7, 11) is -4.94. The zero-order valence-corrected chi connectivity index (χ0v) is 11.9. The fourth-order valence-corrected chi connectivity index (χ4v) is 2.72. The van der Waals surface area contributed by atoms with E-state index in [2.05, 4.69) is 42.0 Å². The molecule has 0 saturated carbocycles. The van der Waals surface area contributed by atoms with E-state index in [4.69, 9.17) is 18.6 Å². The third kappa shape index (κ3) is 3.65. The van der Waals surface area contributed by atoms with Crippen LogP contribution in [0.3, 0.4) is 0 Å². The molecule has 5 nitrogen and oxygen atoms in total. The van der Waals surface area contributed by atoms with Gasteiger partial charge in [-0.05, 0) is 37.8 Å². The van der Waals surface area contributed by atoms with Gasteiger partial charge >= 0.3 is 0 Å². The molecule has 0 unspecified atom stereocenters. The topological polar surface area (TPSA) is 96.1 Å². The number of pyridine rings is 1. The number of hydrogen-bond donors (Lipinski definition) is 0. The Balaban J connectivity index is 0.000000257. The average molecular weight is 298 g/mol. The average Bonchev–Trinajstić information content (AvgIpc) is 2.84. The number of aromatic nitrogens is 1. The monoisotopic (exact) mass is 297 g/mol. The quantitative estimate of drug-likeness (QED) is 0.562. The predicted octanol–water partition coefficient (Wildman–Crippen LogP) is -2.12. The van der Waals surface area contributed by atoms with Gasteiger partial charge in [0.2, 0.25) is 5.52 Å². The summed E-state index contributed by atoms with van der Waals surface area (Å²) in [5, 5.41) is 1.47. The van der Waals surface area contributed by atoms with Crippen molar-refractivity contribution in [3.05, 3.63) is 41.6 Å². The van der Waals surface area contributed by atoms with Crippen molar-refractivity contribution in [2.24, 2.45) is 0 Å². The second-order valence-electron chi connectivity index (χ2n) is 4.67. The molecule has 0 amide bonds. The number of nitrogens with zero attached hydrogens (tertiary/aromatic N) is 1. The van der Waals surface area contributed by atoms with Gasteiger partial charge in [-0.1, -0.05) is 12.1 Å². The molecule has 20 heavy (non-hydrogen) atoms. The minimum Gasteiger partial charge on any atom is -0.222 e. The molecule has 0 saturated heterocycles. The lowest BCUT2D eigenvalue weighted by Gasteiger charge is -2.17. The first-order chi connectivity index (χ1) is 9.40. The number of halogens is 1. The van der Waals surface area contributed by atoms with Gasteiger partial charge in [-0.3, -0.25) is 0 Å². The SMILES string of the molecule is CC[n+]1cc2c(c3ccccc31)CCC2.[O-][Cl+3]([O-])([O-])[O-]. The first kappa shape index (κ1) is 15.2. The second kappa shape index (κ2) is 6.03. The van der Waals surface area contributed by atoms with Crippen molar-refractivity contribution in [1.82, 2.24) is 0 Å². The van der Waals surface area contributed by atoms with Crippen LogP contribution >= 0.6 is 0 Å². The van der Waals surface area contributed by atoms with E-state index in [0.29, 0.717) is 0 Å². The Morgan fingerprint density at radius 2 is 1.75 bits per heavy atom. The number of aryl methyl sites for hydroxylation is 3. The lowest BCUT2D eigenvalue weighted by molar-refractivity contribution is -2.00. The van der Waals surface area contributed by atoms with Crippen molar-refractivity contribution in [2.75, 3.05) is 0 Å². The molecule has 0 atom stereocenters. The lowest BCUT2D eigenvalue weighted by Crippen LogP contribution is -2.68.